The Morgan fingerprint density at radius 1 is 1.33 bits per heavy atom. The van der Waals surface area contributed by atoms with Crippen LogP contribution in [0.4, 0.5) is 4.79 Å². The van der Waals surface area contributed by atoms with Gasteiger partial charge >= 0.3 is 6.09 Å². The van der Waals surface area contributed by atoms with E-state index in [1.807, 2.05) is 45.1 Å². The fraction of sp³-hybridized carbons (Fsp3) is 0.630. The van der Waals surface area contributed by atoms with E-state index in [-0.39, 0.29) is 43.3 Å². The first kappa shape index (κ1) is 26.9. The van der Waals surface area contributed by atoms with Gasteiger partial charge in [-0.15, -0.1) is 0 Å². The highest BCUT2D eigenvalue weighted by molar-refractivity contribution is 6.31. The second-order valence-electron chi connectivity index (χ2n) is 10.8. The zero-order chi connectivity index (χ0) is 26.3. The van der Waals surface area contributed by atoms with E-state index >= 15 is 0 Å². The van der Waals surface area contributed by atoms with Crippen LogP contribution in [0, 0.1) is 5.92 Å². The third-order valence-corrected chi connectivity index (χ3v) is 8.22. The van der Waals surface area contributed by atoms with Crippen LogP contribution in [-0.2, 0) is 19.0 Å². The number of allylic oxidation sites excluding steroid dienone is 4. The van der Waals surface area contributed by atoms with Crippen molar-refractivity contribution in [2.45, 2.75) is 88.9 Å². The highest BCUT2D eigenvalue weighted by atomic mass is 35.5. The molecule has 2 fully saturated rings. The Morgan fingerprint density at radius 3 is 2.81 bits per heavy atom. The van der Waals surface area contributed by atoms with Crippen LogP contribution in [0.3, 0.4) is 0 Å². The van der Waals surface area contributed by atoms with Gasteiger partial charge in [0.05, 0.1) is 28.5 Å². The number of rotatable bonds is 1. The highest BCUT2D eigenvalue weighted by Crippen LogP contribution is 2.47. The van der Waals surface area contributed by atoms with Crippen LogP contribution in [0.25, 0.3) is 0 Å². The summed E-state index contributed by atoms with van der Waals surface area (Å²) in [7, 11) is 3.37. The van der Waals surface area contributed by atoms with Crippen molar-refractivity contribution in [3.63, 3.8) is 0 Å². The number of ether oxygens (including phenoxy) is 3. The molecule has 0 spiro atoms. The number of epoxide rings is 1. The number of hydrogen-bond acceptors (Lipinski definition) is 6. The van der Waals surface area contributed by atoms with E-state index in [1.54, 1.807) is 19.1 Å². The second kappa shape index (κ2) is 10.3. The first-order valence-corrected chi connectivity index (χ1v) is 12.9. The zero-order valence-electron chi connectivity index (χ0n) is 21.7. The van der Waals surface area contributed by atoms with Gasteiger partial charge in [0.15, 0.2) is 0 Å². The average Bonchev–Trinajstić information content (AvgIpc) is 3.50. The Bertz CT molecular complexity index is 1040. The lowest BCUT2D eigenvalue weighted by atomic mass is 9.85. The van der Waals surface area contributed by atoms with E-state index in [4.69, 9.17) is 25.8 Å². The molecule has 6 atom stereocenters. The Morgan fingerprint density at radius 2 is 2.08 bits per heavy atom. The predicted octanol–water partition coefficient (Wildman–Crippen LogP) is 4.30. The lowest BCUT2D eigenvalue weighted by molar-refractivity contribution is -0.128. The number of carbonyl (C=O) groups is 2. The first-order valence-electron chi connectivity index (χ1n) is 12.5. The van der Waals surface area contributed by atoms with Crippen molar-refractivity contribution >= 4 is 23.6 Å². The number of nitrogens with one attached hydrogen (secondary N) is 1. The van der Waals surface area contributed by atoms with Crippen LogP contribution >= 0.6 is 11.6 Å². The summed E-state index contributed by atoms with van der Waals surface area (Å²) in [6, 6.07) is 0. The lowest BCUT2D eigenvalue weighted by Gasteiger charge is -2.38. The summed E-state index contributed by atoms with van der Waals surface area (Å²) in [6.07, 6.45) is 8.75. The summed E-state index contributed by atoms with van der Waals surface area (Å²) < 4.78 is 17.2. The van der Waals surface area contributed by atoms with Crippen LogP contribution in [0.2, 0.25) is 0 Å². The molecule has 0 radical (unpaired) electrons. The SMILES string of the molecule is COC1CC2=CC(=C1Cl)N(C)C(=O)CC[C@]1(C)O[C@H]1[C@H](C)[C@@H]1C[C@](O)(C/C=C/C=C(\C)C2)NC(=O)O1. The van der Waals surface area contributed by atoms with Gasteiger partial charge in [0, 0.05) is 45.8 Å². The minimum atomic E-state index is -1.40. The van der Waals surface area contributed by atoms with Crippen molar-refractivity contribution in [3.8, 4) is 0 Å². The van der Waals surface area contributed by atoms with Crippen molar-refractivity contribution in [2.24, 2.45) is 5.92 Å². The number of carbonyl (C=O) groups excluding carboxylic acids is 2. The molecular formula is C27H37ClN2O6. The summed E-state index contributed by atoms with van der Waals surface area (Å²) in [5.74, 6) is -0.202. The molecule has 4 aliphatic rings. The summed E-state index contributed by atoms with van der Waals surface area (Å²) in [5.41, 5.74) is 0.988. The maximum Gasteiger partial charge on any atom is 0.409 e. The topological polar surface area (TPSA) is 101 Å². The highest BCUT2D eigenvalue weighted by Gasteiger charge is 2.58. The number of halogens is 1. The molecule has 2 N–H and O–H groups in total. The molecule has 8 nitrogen and oxygen atoms in total. The molecular weight excluding hydrogens is 484 g/mol. The number of hydrogen-bond donors (Lipinski definition) is 2. The van der Waals surface area contributed by atoms with E-state index in [1.165, 1.54) is 0 Å². The average molecular weight is 521 g/mol. The number of nitrogens with zero attached hydrogens (tertiary/aromatic N) is 1. The quantitative estimate of drug-likeness (QED) is 0.500. The molecule has 4 rings (SSSR count). The molecule has 0 aromatic rings. The van der Waals surface area contributed by atoms with Crippen LogP contribution in [0.5, 0.6) is 0 Å². The molecule has 1 aliphatic carbocycles. The number of methoxy groups -OCH3 is 1. The second-order valence-corrected chi connectivity index (χ2v) is 11.2. The summed E-state index contributed by atoms with van der Waals surface area (Å²) in [6.45, 7) is 5.96. The normalized spacial score (nSPS) is 40.4. The number of likely N-dealkylation sites (N-methyl/N-ethyl adjacent to an activating group) is 1. The molecule has 36 heavy (non-hydrogen) atoms. The van der Waals surface area contributed by atoms with Crippen LogP contribution in [0.1, 0.15) is 59.3 Å². The third kappa shape index (κ3) is 5.72. The van der Waals surface area contributed by atoms with Crippen molar-refractivity contribution in [3.05, 3.63) is 46.2 Å². The van der Waals surface area contributed by atoms with Crippen LogP contribution in [0.15, 0.2) is 46.2 Å². The molecule has 3 aliphatic heterocycles. The minimum absolute atomic E-state index is 0.0607. The van der Waals surface area contributed by atoms with E-state index in [2.05, 4.69) is 5.32 Å². The Balaban J connectivity index is 1.63. The monoisotopic (exact) mass is 520 g/mol. The standard InChI is InChI=1S/C27H37ClN2O6/c1-16-8-6-7-10-27(33)15-21(35-25(32)29-27)17(2)24-26(3,36-24)11-9-22(31)30(4)19-13-18(12-16)14-20(34-5)23(19)28/h6-8,13,17,20-21,24,33H,9-12,14-15H2,1-5H3,(H,29,32)/b7-6+,16-8+/t17-,20?,21+,24+,26+,27-/m1/s1. The maximum absolute atomic E-state index is 13.2. The first-order chi connectivity index (χ1) is 16.9. The van der Waals surface area contributed by atoms with Crippen molar-refractivity contribution in [1.82, 2.24) is 10.2 Å². The van der Waals surface area contributed by atoms with E-state index in [9.17, 15) is 14.7 Å². The van der Waals surface area contributed by atoms with Gasteiger partial charge in [0.1, 0.15) is 11.8 Å². The molecule has 9 heteroatoms. The Labute approximate surface area is 218 Å². The van der Waals surface area contributed by atoms with Gasteiger partial charge in [-0.3, -0.25) is 10.1 Å². The minimum Gasteiger partial charge on any atom is -0.446 e. The van der Waals surface area contributed by atoms with Crippen molar-refractivity contribution in [1.29, 1.82) is 0 Å². The smallest absolute Gasteiger partial charge is 0.409 e. The summed E-state index contributed by atoms with van der Waals surface area (Å²) in [4.78, 5) is 27.0. The van der Waals surface area contributed by atoms with E-state index < -0.39 is 23.5 Å². The van der Waals surface area contributed by atoms with Crippen molar-refractivity contribution < 1.29 is 28.9 Å². The molecule has 198 valence electrons. The Kier molecular flexibility index (Phi) is 7.72. The molecule has 4 bridgehead atoms. The van der Waals surface area contributed by atoms with Gasteiger partial charge in [0.2, 0.25) is 5.91 Å². The third-order valence-electron chi connectivity index (χ3n) is 7.79. The van der Waals surface area contributed by atoms with Gasteiger partial charge in [-0.05, 0) is 32.8 Å². The molecule has 2 amide bonds. The number of alkyl carbamates (subject to hydrolysis) is 1. The van der Waals surface area contributed by atoms with E-state index in [0.717, 1.165) is 11.1 Å². The van der Waals surface area contributed by atoms with Crippen LogP contribution < -0.4 is 5.32 Å². The predicted molar refractivity (Wildman–Crippen MR) is 136 cm³/mol. The largest absolute Gasteiger partial charge is 0.446 e. The van der Waals surface area contributed by atoms with Gasteiger partial charge in [0.25, 0.3) is 0 Å². The van der Waals surface area contributed by atoms with E-state index in [0.29, 0.717) is 30.0 Å². The molecule has 0 aromatic carbocycles. The van der Waals surface area contributed by atoms with Gasteiger partial charge in [-0.2, -0.15) is 0 Å². The van der Waals surface area contributed by atoms with Gasteiger partial charge in [-0.25, -0.2) is 4.79 Å². The van der Waals surface area contributed by atoms with Gasteiger partial charge < -0.3 is 24.2 Å². The fourth-order valence-electron chi connectivity index (χ4n) is 5.48. The number of amides is 2. The Hall–Kier alpha value is -2.13. The summed E-state index contributed by atoms with van der Waals surface area (Å²) in [5, 5.41) is 14.2. The summed E-state index contributed by atoms with van der Waals surface area (Å²) >= 11 is 6.66. The molecule has 2 saturated heterocycles. The van der Waals surface area contributed by atoms with Gasteiger partial charge in [-0.1, -0.05) is 47.9 Å². The molecule has 0 aromatic heterocycles. The van der Waals surface area contributed by atoms with Crippen LogP contribution in [-0.4, -0.2) is 65.8 Å². The fourth-order valence-corrected chi connectivity index (χ4v) is 5.82. The molecule has 0 saturated carbocycles. The lowest BCUT2D eigenvalue weighted by Crippen LogP contribution is -2.57. The number of aliphatic hydroxyl groups is 1. The molecule has 3 heterocycles. The van der Waals surface area contributed by atoms with Crippen molar-refractivity contribution in [2.75, 3.05) is 14.2 Å². The maximum atomic E-state index is 13.2. The number of fused-ring (bicyclic) bond motifs is 4. The zero-order valence-corrected chi connectivity index (χ0v) is 22.4. The molecule has 1 unspecified atom stereocenters.